The number of nitrogens with zero attached hydrogens (tertiary/aromatic N) is 3. The van der Waals surface area contributed by atoms with Crippen LogP contribution in [0.1, 0.15) is 0 Å². The summed E-state index contributed by atoms with van der Waals surface area (Å²) in [6.07, 6.45) is 0. The fraction of sp³-hybridized carbons (Fsp3) is 0.150. The van der Waals surface area contributed by atoms with Gasteiger partial charge < -0.3 is 23.8 Å². The van der Waals surface area contributed by atoms with E-state index in [1.807, 2.05) is 41.9 Å². The lowest BCUT2D eigenvalue weighted by molar-refractivity contribution is -0.113. The molecule has 0 radical (unpaired) electrons. The first kappa shape index (κ1) is 17.6. The number of fused-ring (bicyclic) bond motifs is 2. The van der Waals surface area contributed by atoms with Gasteiger partial charge in [-0.1, -0.05) is 30.0 Å². The van der Waals surface area contributed by atoms with Crippen molar-refractivity contribution in [3.05, 3.63) is 48.5 Å². The highest BCUT2D eigenvalue weighted by atomic mass is 32.2. The predicted octanol–water partition coefficient (Wildman–Crippen LogP) is 3.69. The highest BCUT2D eigenvalue weighted by Gasteiger charge is 2.17. The molecule has 0 spiro atoms. The molecular weight excluding hydrogens is 392 g/mol. The van der Waals surface area contributed by atoms with Crippen molar-refractivity contribution < 1.29 is 18.7 Å². The summed E-state index contributed by atoms with van der Waals surface area (Å²) in [7, 11) is 1.95. The summed E-state index contributed by atoms with van der Waals surface area (Å²) in [6.45, 7) is 0.193. The first-order chi connectivity index (χ1) is 14.2. The van der Waals surface area contributed by atoms with E-state index in [0.717, 1.165) is 16.6 Å². The van der Waals surface area contributed by atoms with Crippen LogP contribution in [0.15, 0.2) is 58.2 Å². The van der Waals surface area contributed by atoms with Gasteiger partial charge in [0, 0.05) is 29.7 Å². The highest BCUT2D eigenvalue weighted by molar-refractivity contribution is 7.99. The van der Waals surface area contributed by atoms with E-state index in [2.05, 4.69) is 15.5 Å². The molecule has 4 aromatic rings. The number of aryl methyl sites for hydroxylation is 1. The number of hydrogen-bond acceptors (Lipinski definition) is 7. The van der Waals surface area contributed by atoms with Gasteiger partial charge in [0.1, 0.15) is 5.69 Å². The molecule has 0 bridgehead atoms. The normalized spacial score (nSPS) is 12.4. The number of thioether (sulfide) groups is 1. The molecule has 2 aromatic carbocycles. The van der Waals surface area contributed by atoms with Crippen LogP contribution in [0.2, 0.25) is 0 Å². The lowest BCUT2D eigenvalue weighted by Crippen LogP contribution is -2.13. The number of aromatic nitrogens is 3. The van der Waals surface area contributed by atoms with Crippen molar-refractivity contribution >= 4 is 34.3 Å². The van der Waals surface area contributed by atoms with Crippen molar-refractivity contribution in [2.75, 3.05) is 17.9 Å². The van der Waals surface area contributed by atoms with E-state index < -0.39 is 0 Å². The van der Waals surface area contributed by atoms with Crippen LogP contribution < -0.4 is 14.8 Å². The summed E-state index contributed by atoms with van der Waals surface area (Å²) in [6, 6.07) is 15.3. The number of anilines is 1. The molecule has 0 fully saturated rings. The minimum atomic E-state index is -0.182. The summed E-state index contributed by atoms with van der Waals surface area (Å²) < 4.78 is 18.3. The third kappa shape index (κ3) is 3.40. The third-order valence-corrected chi connectivity index (χ3v) is 5.38. The second-order valence-corrected chi connectivity index (χ2v) is 7.35. The van der Waals surface area contributed by atoms with Crippen LogP contribution >= 0.6 is 11.8 Å². The molecule has 1 N–H and O–H groups in total. The summed E-state index contributed by atoms with van der Waals surface area (Å²) in [4.78, 5) is 12.2. The average molecular weight is 408 g/mol. The quantitative estimate of drug-likeness (QED) is 0.504. The zero-order valence-electron chi connectivity index (χ0n) is 15.4. The Morgan fingerprint density at radius 1 is 1.14 bits per heavy atom. The van der Waals surface area contributed by atoms with Crippen molar-refractivity contribution in [3.63, 3.8) is 0 Å². The van der Waals surface area contributed by atoms with Crippen molar-refractivity contribution in [1.29, 1.82) is 0 Å². The highest BCUT2D eigenvalue weighted by Crippen LogP contribution is 2.34. The van der Waals surface area contributed by atoms with Gasteiger partial charge in [0.2, 0.25) is 12.7 Å². The Balaban J connectivity index is 1.24. The van der Waals surface area contributed by atoms with Crippen molar-refractivity contribution in [1.82, 2.24) is 14.8 Å². The lowest BCUT2D eigenvalue weighted by atomic mass is 10.2. The first-order valence-corrected chi connectivity index (χ1v) is 9.86. The van der Waals surface area contributed by atoms with Crippen LogP contribution in [0.5, 0.6) is 11.5 Å². The zero-order chi connectivity index (χ0) is 19.8. The average Bonchev–Trinajstić information content (AvgIpc) is 3.45. The van der Waals surface area contributed by atoms with E-state index in [4.69, 9.17) is 13.9 Å². The minimum absolute atomic E-state index is 0.144. The Morgan fingerprint density at radius 2 is 2.00 bits per heavy atom. The van der Waals surface area contributed by atoms with Gasteiger partial charge in [0.05, 0.1) is 5.75 Å². The summed E-state index contributed by atoms with van der Waals surface area (Å²) >= 11 is 1.18. The van der Waals surface area contributed by atoms with Crippen LogP contribution in [0.4, 0.5) is 5.69 Å². The van der Waals surface area contributed by atoms with Crippen LogP contribution in [-0.2, 0) is 11.8 Å². The molecule has 3 heterocycles. The van der Waals surface area contributed by atoms with E-state index in [9.17, 15) is 4.79 Å². The molecule has 8 nitrogen and oxygen atoms in total. The number of benzene rings is 2. The number of rotatable bonds is 5. The molecule has 0 saturated carbocycles. The fourth-order valence-electron chi connectivity index (χ4n) is 3.16. The van der Waals surface area contributed by atoms with E-state index in [1.54, 1.807) is 18.2 Å². The smallest absolute Gasteiger partial charge is 0.277 e. The predicted molar refractivity (Wildman–Crippen MR) is 108 cm³/mol. The van der Waals surface area contributed by atoms with Gasteiger partial charge in [-0.2, -0.15) is 0 Å². The Hall–Kier alpha value is -3.46. The van der Waals surface area contributed by atoms with Gasteiger partial charge in [0.25, 0.3) is 11.1 Å². The van der Waals surface area contributed by atoms with Gasteiger partial charge in [-0.15, -0.1) is 10.2 Å². The second-order valence-electron chi connectivity index (χ2n) is 6.43. The molecule has 29 heavy (non-hydrogen) atoms. The Morgan fingerprint density at radius 3 is 2.90 bits per heavy atom. The molecule has 0 unspecified atom stereocenters. The van der Waals surface area contributed by atoms with Gasteiger partial charge in [0.15, 0.2) is 11.5 Å². The van der Waals surface area contributed by atoms with E-state index in [-0.39, 0.29) is 18.5 Å². The maximum atomic E-state index is 12.2. The molecular formula is C20H16N4O4S. The van der Waals surface area contributed by atoms with Gasteiger partial charge in [-0.05, 0) is 24.3 Å². The molecule has 146 valence electrons. The molecule has 2 aromatic heterocycles. The third-order valence-electron chi connectivity index (χ3n) is 4.56. The molecule has 1 aliphatic heterocycles. The molecule has 5 rings (SSSR count). The van der Waals surface area contributed by atoms with Gasteiger partial charge >= 0.3 is 0 Å². The van der Waals surface area contributed by atoms with E-state index in [0.29, 0.717) is 28.3 Å². The maximum Gasteiger partial charge on any atom is 0.277 e. The van der Waals surface area contributed by atoms with Gasteiger partial charge in [-0.3, -0.25) is 4.79 Å². The fourth-order valence-corrected chi connectivity index (χ4v) is 3.73. The molecule has 1 amide bonds. The van der Waals surface area contributed by atoms with Crippen molar-refractivity contribution in [2.24, 2.45) is 7.05 Å². The Kier molecular flexibility index (Phi) is 4.36. The SMILES string of the molecule is Cn1c(-c2nnc(SCC(=O)Nc3ccc4c(c3)OCO4)o2)cc2ccccc21. The lowest BCUT2D eigenvalue weighted by Gasteiger charge is -2.05. The number of carbonyl (C=O) groups is 1. The van der Waals surface area contributed by atoms with E-state index >= 15 is 0 Å². The Bertz CT molecular complexity index is 1220. The minimum Gasteiger partial charge on any atom is -0.454 e. The number of para-hydroxylation sites is 1. The van der Waals surface area contributed by atoms with Crippen LogP contribution in [0.3, 0.4) is 0 Å². The number of amides is 1. The molecule has 0 atom stereocenters. The molecule has 0 saturated heterocycles. The summed E-state index contributed by atoms with van der Waals surface area (Å²) in [5, 5.41) is 12.4. The monoisotopic (exact) mass is 408 g/mol. The molecule has 1 aliphatic rings. The maximum absolute atomic E-state index is 12.2. The van der Waals surface area contributed by atoms with Crippen LogP contribution in [0.25, 0.3) is 22.5 Å². The number of nitrogens with one attached hydrogen (secondary N) is 1. The van der Waals surface area contributed by atoms with Crippen molar-refractivity contribution in [2.45, 2.75) is 5.22 Å². The number of hydrogen-bond donors (Lipinski definition) is 1. The standard InChI is InChI=1S/C20H16N4O4S/c1-24-14-5-3-2-4-12(14)8-15(24)19-22-23-20(28-19)29-10-18(25)21-13-6-7-16-17(9-13)27-11-26-16/h2-9H,10-11H2,1H3,(H,21,25). The summed E-state index contributed by atoms with van der Waals surface area (Å²) in [5.74, 6) is 1.67. The molecule has 0 aliphatic carbocycles. The summed E-state index contributed by atoms with van der Waals surface area (Å²) in [5.41, 5.74) is 2.55. The van der Waals surface area contributed by atoms with Crippen LogP contribution in [0, 0.1) is 0 Å². The van der Waals surface area contributed by atoms with Crippen LogP contribution in [-0.4, -0.2) is 33.2 Å². The van der Waals surface area contributed by atoms with E-state index in [1.165, 1.54) is 11.8 Å². The van der Waals surface area contributed by atoms with Crippen molar-refractivity contribution in [3.8, 4) is 23.1 Å². The Labute approximate surface area is 169 Å². The zero-order valence-corrected chi connectivity index (χ0v) is 16.2. The largest absolute Gasteiger partial charge is 0.454 e. The number of carbonyl (C=O) groups excluding carboxylic acids is 1. The second kappa shape index (κ2) is 7.17. The topological polar surface area (TPSA) is 91.4 Å². The van der Waals surface area contributed by atoms with Gasteiger partial charge in [-0.25, -0.2) is 0 Å². The number of ether oxygens (including phenoxy) is 2. The first-order valence-electron chi connectivity index (χ1n) is 8.88. The molecule has 9 heteroatoms.